The molecule has 0 radical (unpaired) electrons. The molecule has 8 nitrogen and oxygen atoms in total. The van der Waals surface area contributed by atoms with Gasteiger partial charge in [-0.25, -0.2) is 14.4 Å². The molecule has 2 aromatic carbocycles. The molecule has 2 fully saturated rings. The first-order valence-electron chi connectivity index (χ1n) is 13.6. The van der Waals surface area contributed by atoms with Crippen molar-refractivity contribution in [3.05, 3.63) is 42.0 Å². The van der Waals surface area contributed by atoms with Crippen molar-refractivity contribution in [1.29, 1.82) is 0 Å². The van der Waals surface area contributed by atoms with Crippen molar-refractivity contribution in [2.45, 2.75) is 90.5 Å². The number of carbonyl (C=O) groups is 3. The van der Waals surface area contributed by atoms with Gasteiger partial charge in [0.05, 0.1) is 12.7 Å². The van der Waals surface area contributed by atoms with Crippen molar-refractivity contribution < 1.29 is 33.7 Å². The zero-order chi connectivity index (χ0) is 27.6. The minimum Gasteiger partial charge on any atom is -0.489 e. The van der Waals surface area contributed by atoms with Crippen LogP contribution in [0, 0.1) is 11.8 Å². The van der Waals surface area contributed by atoms with Crippen LogP contribution < -0.4 is 4.74 Å². The fourth-order valence-corrected chi connectivity index (χ4v) is 6.13. The normalized spacial score (nSPS) is 25.4. The molecule has 0 bridgehead atoms. The molecule has 38 heavy (non-hydrogen) atoms. The lowest BCUT2D eigenvalue weighted by Crippen LogP contribution is -2.61. The third-order valence-electron chi connectivity index (χ3n) is 7.65. The molecule has 1 amide bonds. The van der Waals surface area contributed by atoms with E-state index in [0.717, 1.165) is 23.6 Å². The quantitative estimate of drug-likeness (QED) is 0.458. The van der Waals surface area contributed by atoms with Crippen LogP contribution in [0.3, 0.4) is 0 Å². The monoisotopic (exact) mass is 525 g/mol. The van der Waals surface area contributed by atoms with Gasteiger partial charge in [0, 0.05) is 6.04 Å². The lowest BCUT2D eigenvalue weighted by molar-refractivity contribution is -0.150. The average Bonchev–Trinajstić information content (AvgIpc) is 2.86. The predicted octanol–water partition coefficient (Wildman–Crippen LogP) is 6.05. The molecule has 4 rings (SSSR count). The molecule has 2 aromatic rings. The number of hydrogen-bond donors (Lipinski definition) is 1. The number of nitrogens with zero attached hydrogens (tertiary/aromatic N) is 1. The summed E-state index contributed by atoms with van der Waals surface area (Å²) < 4.78 is 17.4. The Labute approximate surface area is 224 Å². The summed E-state index contributed by atoms with van der Waals surface area (Å²) in [7, 11) is 0. The van der Waals surface area contributed by atoms with Crippen LogP contribution in [-0.4, -0.2) is 58.4 Å². The summed E-state index contributed by atoms with van der Waals surface area (Å²) in [6.07, 6.45) is 2.44. The summed E-state index contributed by atoms with van der Waals surface area (Å²) in [4.78, 5) is 39.7. The van der Waals surface area contributed by atoms with Crippen LogP contribution in [0.4, 0.5) is 4.79 Å². The van der Waals surface area contributed by atoms with E-state index in [9.17, 15) is 19.5 Å². The van der Waals surface area contributed by atoms with Gasteiger partial charge in [-0.2, -0.15) is 0 Å². The Morgan fingerprint density at radius 3 is 2.32 bits per heavy atom. The molecule has 1 aliphatic heterocycles. The van der Waals surface area contributed by atoms with E-state index >= 15 is 0 Å². The van der Waals surface area contributed by atoms with E-state index in [4.69, 9.17) is 14.2 Å². The van der Waals surface area contributed by atoms with Gasteiger partial charge < -0.3 is 19.3 Å². The molecular weight excluding hydrogens is 486 g/mol. The highest BCUT2D eigenvalue weighted by Crippen LogP contribution is 2.45. The summed E-state index contributed by atoms with van der Waals surface area (Å²) in [5, 5.41) is 12.0. The highest BCUT2D eigenvalue weighted by atomic mass is 16.6. The molecule has 1 unspecified atom stereocenters. The van der Waals surface area contributed by atoms with Gasteiger partial charge in [0.15, 0.2) is 0 Å². The molecule has 1 aliphatic carbocycles. The molecule has 2 aliphatic rings. The summed E-state index contributed by atoms with van der Waals surface area (Å²) in [5.74, 6) is -0.729. The Kier molecular flexibility index (Phi) is 8.19. The number of rotatable bonds is 6. The molecule has 5 atom stereocenters. The number of likely N-dealkylation sites (tertiary alicyclic amines) is 1. The van der Waals surface area contributed by atoms with Gasteiger partial charge in [0.2, 0.25) is 0 Å². The number of esters is 1. The van der Waals surface area contributed by atoms with Crippen LogP contribution in [0.2, 0.25) is 0 Å². The fourth-order valence-electron chi connectivity index (χ4n) is 6.13. The smallest absolute Gasteiger partial charge is 0.411 e. The summed E-state index contributed by atoms with van der Waals surface area (Å²) >= 11 is 0. The number of benzene rings is 2. The number of hydrogen-bond acceptors (Lipinski definition) is 6. The first kappa shape index (κ1) is 27.7. The average molecular weight is 526 g/mol. The van der Waals surface area contributed by atoms with E-state index in [1.54, 1.807) is 33.8 Å². The number of carbonyl (C=O) groups excluding carboxylic acids is 2. The Bertz CT molecular complexity index is 1190. The van der Waals surface area contributed by atoms with Gasteiger partial charge in [0.1, 0.15) is 23.0 Å². The van der Waals surface area contributed by atoms with Gasteiger partial charge >= 0.3 is 18.0 Å². The Morgan fingerprint density at radius 1 is 1.03 bits per heavy atom. The number of piperidine rings is 1. The SMILES string of the molecule is CCOC(=O)c1cc2ccccc2cc1O[C@H]1CC[C@H]2C(CC)N(C(=O)OC(C)(C)C)[C@H](C(=O)O)C[C@H]2C1. The second kappa shape index (κ2) is 11.2. The lowest BCUT2D eigenvalue weighted by Gasteiger charge is -2.51. The van der Waals surface area contributed by atoms with E-state index in [2.05, 4.69) is 0 Å². The summed E-state index contributed by atoms with van der Waals surface area (Å²) in [6, 6.07) is 10.3. The van der Waals surface area contributed by atoms with E-state index in [0.29, 0.717) is 30.6 Å². The molecule has 1 saturated carbocycles. The minimum absolute atomic E-state index is 0.0741. The van der Waals surface area contributed by atoms with Crippen molar-refractivity contribution in [3.8, 4) is 5.75 Å². The van der Waals surface area contributed by atoms with Gasteiger partial charge in [-0.05, 0) is 94.5 Å². The van der Waals surface area contributed by atoms with Crippen molar-refractivity contribution in [2.24, 2.45) is 11.8 Å². The summed E-state index contributed by atoms with van der Waals surface area (Å²) in [6.45, 7) is 9.39. The largest absolute Gasteiger partial charge is 0.489 e. The van der Waals surface area contributed by atoms with Crippen LogP contribution in [0.15, 0.2) is 36.4 Å². The molecule has 8 heteroatoms. The third-order valence-corrected chi connectivity index (χ3v) is 7.65. The van der Waals surface area contributed by atoms with Gasteiger partial charge in [-0.3, -0.25) is 4.90 Å². The first-order valence-corrected chi connectivity index (χ1v) is 13.6. The molecule has 206 valence electrons. The fraction of sp³-hybridized carbons (Fsp3) is 0.567. The zero-order valence-corrected chi connectivity index (χ0v) is 22.9. The van der Waals surface area contributed by atoms with E-state index < -0.39 is 29.7 Å². The van der Waals surface area contributed by atoms with Crippen molar-refractivity contribution in [3.63, 3.8) is 0 Å². The van der Waals surface area contributed by atoms with Gasteiger partial charge in [-0.1, -0.05) is 31.2 Å². The number of carboxylic acids is 1. The lowest BCUT2D eigenvalue weighted by atomic mass is 9.67. The maximum absolute atomic E-state index is 13.1. The van der Waals surface area contributed by atoms with E-state index in [-0.39, 0.29) is 30.6 Å². The van der Waals surface area contributed by atoms with Crippen LogP contribution in [0.5, 0.6) is 5.75 Å². The minimum atomic E-state index is -1.02. The zero-order valence-electron chi connectivity index (χ0n) is 22.9. The molecule has 1 heterocycles. The van der Waals surface area contributed by atoms with Crippen molar-refractivity contribution in [1.82, 2.24) is 4.90 Å². The van der Waals surface area contributed by atoms with Crippen LogP contribution in [0.25, 0.3) is 10.8 Å². The van der Waals surface area contributed by atoms with Crippen LogP contribution in [-0.2, 0) is 14.3 Å². The Balaban J connectivity index is 1.57. The second-order valence-electron chi connectivity index (χ2n) is 11.3. The van der Waals surface area contributed by atoms with Crippen LogP contribution in [0.1, 0.15) is 77.1 Å². The van der Waals surface area contributed by atoms with Crippen molar-refractivity contribution >= 4 is 28.8 Å². The highest BCUT2D eigenvalue weighted by molar-refractivity contribution is 5.98. The Morgan fingerprint density at radius 2 is 1.71 bits per heavy atom. The van der Waals surface area contributed by atoms with Crippen LogP contribution >= 0.6 is 0 Å². The van der Waals surface area contributed by atoms with Crippen molar-refractivity contribution in [2.75, 3.05) is 6.61 Å². The number of aliphatic carboxylic acids is 1. The highest BCUT2D eigenvalue weighted by Gasteiger charge is 2.50. The first-order chi connectivity index (χ1) is 18.0. The molecular formula is C30H39NO7. The number of amides is 1. The maximum atomic E-state index is 13.1. The molecule has 1 saturated heterocycles. The number of ether oxygens (including phenoxy) is 3. The number of fused-ring (bicyclic) bond motifs is 2. The third kappa shape index (κ3) is 5.89. The molecule has 1 N–H and O–H groups in total. The predicted molar refractivity (Wildman–Crippen MR) is 143 cm³/mol. The topological polar surface area (TPSA) is 102 Å². The standard InChI is InChI=1S/C30H39NO7/c1-6-24-22-13-12-21(14-20(22)16-25(27(32)33)31(24)29(35)38-30(3,4)5)37-26-17-19-11-9-8-10-18(19)15-23(26)28(34)36-7-2/h8-11,15,17,20-22,24-25H,6-7,12-14,16H2,1-5H3,(H,32,33)/t20-,21+,22-,24?,25+/m1/s1. The maximum Gasteiger partial charge on any atom is 0.411 e. The Hall–Kier alpha value is -3.29. The molecule has 0 spiro atoms. The van der Waals surface area contributed by atoms with Gasteiger partial charge in [-0.15, -0.1) is 0 Å². The van der Waals surface area contributed by atoms with E-state index in [1.165, 1.54) is 4.90 Å². The van der Waals surface area contributed by atoms with Gasteiger partial charge in [0.25, 0.3) is 0 Å². The summed E-state index contributed by atoms with van der Waals surface area (Å²) in [5.41, 5.74) is -0.320. The number of carboxylic acid groups (broad SMARTS) is 1. The second-order valence-corrected chi connectivity index (χ2v) is 11.3. The molecule has 0 aromatic heterocycles. The van der Waals surface area contributed by atoms with E-state index in [1.807, 2.05) is 37.3 Å².